The Labute approximate surface area is 163 Å². The number of para-hydroxylation sites is 2. The number of amides is 1. The second-order valence-electron chi connectivity index (χ2n) is 7.89. The topological polar surface area (TPSA) is 41.1 Å². The van der Waals surface area contributed by atoms with Crippen LogP contribution >= 0.6 is 0 Å². The Morgan fingerprint density at radius 2 is 1.63 bits per heavy atom. The van der Waals surface area contributed by atoms with Gasteiger partial charge in [0.2, 0.25) is 5.91 Å². The van der Waals surface area contributed by atoms with Crippen LogP contribution in [0.4, 0.5) is 17.1 Å². The maximum Gasteiger partial charge on any atom is 0.227 e. The Bertz CT molecular complexity index is 730. The second kappa shape index (κ2) is 9.59. The monoisotopic (exact) mass is 364 g/mol. The van der Waals surface area contributed by atoms with E-state index in [-0.39, 0.29) is 11.8 Å². The smallest absolute Gasteiger partial charge is 0.227 e. The SMILES string of the molecule is CCCCC1CCC(C(=O)Nc2ccccc2Nc2ccc(C)cc2)CC1. The number of hydrogen-bond donors (Lipinski definition) is 2. The normalized spacial score (nSPS) is 19.5. The molecule has 2 aromatic carbocycles. The summed E-state index contributed by atoms with van der Waals surface area (Å²) < 4.78 is 0. The van der Waals surface area contributed by atoms with Crippen LogP contribution in [0.3, 0.4) is 0 Å². The van der Waals surface area contributed by atoms with E-state index in [1.165, 1.54) is 37.7 Å². The maximum absolute atomic E-state index is 12.8. The molecule has 3 heteroatoms. The Morgan fingerprint density at radius 1 is 0.963 bits per heavy atom. The van der Waals surface area contributed by atoms with Gasteiger partial charge < -0.3 is 10.6 Å². The second-order valence-corrected chi connectivity index (χ2v) is 7.89. The third-order valence-corrected chi connectivity index (χ3v) is 5.70. The van der Waals surface area contributed by atoms with Gasteiger partial charge in [-0.3, -0.25) is 4.79 Å². The number of hydrogen-bond acceptors (Lipinski definition) is 2. The lowest BCUT2D eigenvalue weighted by molar-refractivity contribution is -0.121. The van der Waals surface area contributed by atoms with Crippen molar-refractivity contribution in [2.75, 3.05) is 10.6 Å². The fraction of sp³-hybridized carbons (Fsp3) is 0.458. The van der Waals surface area contributed by atoms with E-state index < -0.39 is 0 Å². The van der Waals surface area contributed by atoms with Gasteiger partial charge in [0.15, 0.2) is 0 Å². The van der Waals surface area contributed by atoms with Crippen LogP contribution < -0.4 is 10.6 Å². The van der Waals surface area contributed by atoms with Gasteiger partial charge in [0.1, 0.15) is 0 Å². The molecule has 1 fully saturated rings. The number of carbonyl (C=O) groups excluding carboxylic acids is 1. The zero-order chi connectivity index (χ0) is 19.1. The van der Waals surface area contributed by atoms with Crippen LogP contribution in [0, 0.1) is 18.8 Å². The van der Waals surface area contributed by atoms with Gasteiger partial charge in [0.05, 0.1) is 11.4 Å². The van der Waals surface area contributed by atoms with Crippen LogP contribution in [0.1, 0.15) is 57.4 Å². The molecule has 0 atom stereocenters. The van der Waals surface area contributed by atoms with E-state index in [0.29, 0.717) is 0 Å². The van der Waals surface area contributed by atoms with Crippen molar-refractivity contribution in [1.82, 2.24) is 0 Å². The number of aryl methyl sites for hydroxylation is 1. The van der Waals surface area contributed by atoms with Crippen molar-refractivity contribution < 1.29 is 4.79 Å². The highest BCUT2D eigenvalue weighted by Crippen LogP contribution is 2.33. The first-order valence-electron chi connectivity index (χ1n) is 10.4. The quantitative estimate of drug-likeness (QED) is 0.576. The number of anilines is 3. The molecule has 0 bridgehead atoms. The molecule has 2 N–H and O–H groups in total. The summed E-state index contributed by atoms with van der Waals surface area (Å²) in [6.07, 6.45) is 8.35. The van der Waals surface area contributed by atoms with Crippen LogP contribution in [0.5, 0.6) is 0 Å². The van der Waals surface area contributed by atoms with Gasteiger partial charge in [-0.25, -0.2) is 0 Å². The Kier molecular flexibility index (Phi) is 6.92. The third kappa shape index (κ3) is 5.59. The van der Waals surface area contributed by atoms with E-state index in [1.54, 1.807) is 0 Å². The van der Waals surface area contributed by atoms with E-state index >= 15 is 0 Å². The first kappa shape index (κ1) is 19.5. The van der Waals surface area contributed by atoms with Gasteiger partial charge >= 0.3 is 0 Å². The van der Waals surface area contributed by atoms with E-state index in [9.17, 15) is 4.79 Å². The zero-order valence-corrected chi connectivity index (χ0v) is 16.6. The molecule has 0 unspecified atom stereocenters. The summed E-state index contributed by atoms with van der Waals surface area (Å²) in [5.41, 5.74) is 4.05. The summed E-state index contributed by atoms with van der Waals surface area (Å²) in [7, 11) is 0. The van der Waals surface area contributed by atoms with Crippen LogP contribution in [0.2, 0.25) is 0 Å². The molecule has 1 amide bonds. The highest BCUT2D eigenvalue weighted by Gasteiger charge is 2.26. The van der Waals surface area contributed by atoms with Crippen LogP contribution in [-0.2, 0) is 4.79 Å². The summed E-state index contributed by atoms with van der Waals surface area (Å²) in [6, 6.07) is 16.2. The largest absolute Gasteiger partial charge is 0.354 e. The van der Waals surface area contributed by atoms with Gasteiger partial charge in [-0.1, -0.05) is 56.0 Å². The molecule has 0 spiro atoms. The molecule has 27 heavy (non-hydrogen) atoms. The van der Waals surface area contributed by atoms with Gasteiger partial charge in [0, 0.05) is 11.6 Å². The van der Waals surface area contributed by atoms with Gasteiger partial charge in [0.25, 0.3) is 0 Å². The maximum atomic E-state index is 12.8. The molecule has 0 heterocycles. The first-order valence-corrected chi connectivity index (χ1v) is 10.4. The van der Waals surface area contributed by atoms with Crippen molar-refractivity contribution in [3.05, 3.63) is 54.1 Å². The number of nitrogens with one attached hydrogen (secondary N) is 2. The van der Waals surface area contributed by atoms with Crippen LogP contribution in [-0.4, -0.2) is 5.91 Å². The molecule has 3 nitrogen and oxygen atoms in total. The van der Waals surface area contributed by atoms with E-state index in [4.69, 9.17) is 0 Å². The molecule has 1 aliphatic carbocycles. The van der Waals surface area contributed by atoms with Crippen molar-refractivity contribution in [2.24, 2.45) is 11.8 Å². The summed E-state index contributed by atoms with van der Waals surface area (Å²) >= 11 is 0. The molecule has 144 valence electrons. The summed E-state index contributed by atoms with van der Waals surface area (Å²) in [5, 5.41) is 6.59. The minimum absolute atomic E-state index is 0.148. The predicted octanol–water partition coefficient (Wildman–Crippen LogP) is 6.67. The lowest BCUT2D eigenvalue weighted by Gasteiger charge is -2.28. The molecule has 0 aromatic heterocycles. The van der Waals surface area contributed by atoms with Crippen molar-refractivity contribution in [2.45, 2.75) is 58.8 Å². The van der Waals surface area contributed by atoms with E-state index in [0.717, 1.165) is 35.8 Å². The van der Waals surface area contributed by atoms with Crippen LogP contribution in [0.15, 0.2) is 48.5 Å². The zero-order valence-electron chi connectivity index (χ0n) is 16.6. The molecule has 2 aromatic rings. The molecule has 3 rings (SSSR count). The standard InChI is InChI=1S/C24H32N2O/c1-3-4-7-19-12-14-20(15-13-19)24(27)26-23-9-6-5-8-22(23)25-21-16-10-18(2)11-17-21/h5-6,8-11,16-17,19-20,25H,3-4,7,12-15H2,1-2H3,(H,26,27). The Balaban J connectivity index is 1.59. The summed E-state index contributed by atoms with van der Waals surface area (Å²) in [4.78, 5) is 12.8. The molecule has 1 saturated carbocycles. The minimum Gasteiger partial charge on any atom is -0.354 e. The Hall–Kier alpha value is -2.29. The van der Waals surface area contributed by atoms with E-state index in [1.807, 2.05) is 24.3 Å². The molecular formula is C24H32N2O. The molecule has 0 saturated heterocycles. The first-order chi connectivity index (χ1) is 13.2. The molecule has 0 radical (unpaired) electrons. The minimum atomic E-state index is 0.148. The number of benzene rings is 2. The van der Waals surface area contributed by atoms with Crippen molar-refractivity contribution in [3.8, 4) is 0 Å². The molecular weight excluding hydrogens is 332 g/mol. The fourth-order valence-corrected chi connectivity index (χ4v) is 3.93. The number of rotatable bonds is 7. The Morgan fingerprint density at radius 3 is 2.30 bits per heavy atom. The molecule has 0 aliphatic heterocycles. The van der Waals surface area contributed by atoms with Gasteiger partial charge in [-0.05, 0) is 62.8 Å². The predicted molar refractivity (Wildman–Crippen MR) is 115 cm³/mol. The third-order valence-electron chi connectivity index (χ3n) is 5.70. The van der Waals surface area contributed by atoms with Crippen molar-refractivity contribution in [3.63, 3.8) is 0 Å². The highest BCUT2D eigenvalue weighted by molar-refractivity contribution is 5.96. The lowest BCUT2D eigenvalue weighted by Crippen LogP contribution is -2.27. The average Bonchev–Trinajstić information content (AvgIpc) is 2.70. The van der Waals surface area contributed by atoms with Gasteiger partial charge in [-0.15, -0.1) is 0 Å². The molecule has 1 aliphatic rings. The van der Waals surface area contributed by atoms with Crippen molar-refractivity contribution in [1.29, 1.82) is 0 Å². The fourth-order valence-electron chi connectivity index (χ4n) is 3.93. The average molecular weight is 365 g/mol. The highest BCUT2D eigenvalue weighted by atomic mass is 16.1. The number of unbranched alkanes of at least 4 members (excludes halogenated alkanes) is 1. The number of carbonyl (C=O) groups is 1. The van der Waals surface area contributed by atoms with Gasteiger partial charge in [-0.2, -0.15) is 0 Å². The summed E-state index contributed by atoms with van der Waals surface area (Å²) in [5.74, 6) is 1.14. The summed E-state index contributed by atoms with van der Waals surface area (Å²) in [6.45, 7) is 4.33. The van der Waals surface area contributed by atoms with E-state index in [2.05, 4.69) is 48.7 Å². The van der Waals surface area contributed by atoms with Crippen LogP contribution in [0.25, 0.3) is 0 Å². The lowest BCUT2D eigenvalue weighted by atomic mass is 9.79. The van der Waals surface area contributed by atoms with Crippen molar-refractivity contribution >= 4 is 23.0 Å².